The Morgan fingerprint density at radius 2 is 1.10 bits per heavy atom. The van der Waals surface area contributed by atoms with Crippen LogP contribution in [0.1, 0.15) is 155 Å². The predicted octanol–water partition coefficient (Wildman–Crippen LogP) is 8.56. The first-order chi connectivity index (χ1) is 28.0. The number of ether oxygens (including phenoxy) is 4. The number of hydrogen-bond donors (Lipinski definition) is 4. The Morgan fingerprint density at radius 3 is 1.67 bits per heavy atom. The molecule has 0 aromatic carbocycles. The summed E-state index contributed by atoms with van der Waals surface area (Å²) in [4.78, 5) is 25.4. The molecule has 1 rings (SSSR count). The summed E-state index contributed by atoms with van der Waals surface area (Å²) in [6.07, 6.45) is 32.6. The summed E-state index contributed by atoms with van der Waals surface area (Å²) in [5.74, 6) is -2.03. The van der Waals surface area contributed by atoms with Gasteiger partial charge in [0.1, 0.15) is 36.8 Å². The van der Waals surface area contributed by atoms with Crippen LogP contribution in [-0.2, 0) is 38.7 Å². The van der Waals surface area contributed by atoms with Gasteiger partial charge in [0.15, 0.2) is 12.4 Å². The first-order valence-electron chi connectivity index (χ1n) is 21.9. The normalized spacial score (nSPS) is 21.0. The third-order valence-electron chi connectivity index (χ3n) is 9.68. The minimum Gasteiger partial charge on any atom is -0.462 e. The van der Waals surface area contributed by atoms with Crippen LogP contribution >= 0.6 is 0 Å². The summed E-state index contributed by atoms with van der Waals surface area (Å²) in [5.41, 5.74) is 0. The molecule has 1 saturated heterocycles. The SMILES string of the molecule is CC/C=C/C=C/C=C/C=C/CCCCCCCC(=O)OC[C@H](CO[C@H]1O[C@H](CS(=O)(=O)O)[C@@H](O)C(O)C1O)OC(=O)CCCCCCC/C=C/CCCCCCCC. The van der Waals surface area contributed by atoms with Gasteiger partial charge in [0.05, 0.1) is 6.61 Å². The van der Waals surface area contributed by atoms with Crippen LogP contribution in [0.15, 0.2) is 60.8 Å². The third-order valence-corrected chi connectivity index (χ3v) is 10.4. The number of allylic oxidation sites excluding steroid dienone is 10. The van der Waals surface area contributed by atoms with Crippen molar-refractivity contribution in [2.75, 3.05) is 19.0 Å². The molecule has 0 aliphatic carbocycles. The zero-order valence-corrected chi connectivity index (χ0v) is 36.2. The van der Waals surface area contributed by atoms with Gasteiger partial charge in [-0.15, -0.1) is 0 Å². The molecule has 1 aliphatic rings. The van der Waals surface area contributed by atoms with Crippen molar-refractivity contribution in [3.05, 3.63) is 60.8 Å². The molecule has 0 saturated carbocycles. The molecular formula is C45H76O12S. The van der Waals surface area contributed by atoms with Gasteiger partial charge < -0.3 is 34.3 Å². The number of aliphatic hydroxyl groups excluding tert-OH is 3. The van der Waals surface area contributed by atoms with E-state index in [2.05, 4.69) is 38.2 Å². The average molecular weight is 841 g/mol. The summed E-state index contributed by atoms with van der Waals surface area (Å²) in [5, 5.41) is 30.8. The monoisotopic (exact) mass is 841 g/mol. The van der Waals surface area contributed by atoms with E-state index in [-0.39, 0.29) is 19.4 Å². The largest absolute Gasteiger partial charge is 0.462 e. The van der Waals surface area contributed by atoms with Crippen LogP contribution < -0.4 is 0 Å². The molecule has 0 aromatic rings. The lowest BCUT2D eigenvalue weighted by Gasteiger charge is -2.40. The van der Waals surface area contributed by atoms with E-state index >= 15 is 0 Å². The van der Waals surface area contributed by atoms with Gasteiger partial charge in [0.25, 0.3) is 10.1 Å². The summed E-state index contributed by atoms with van der Waals surface area (Å²) in [6.45, 7) is 3.57. The first-order valence-corrected chi connectivity index (χ1v) is 23.5. The smallest absolute Gasteiger partial charge is 0.306 e. The molecule has 334 valence electrons. The van der Waals surface area contributed by atoms with E-state index in [0.29, 0.717) is 12.8 Å². The number of esters is 2. The molecule has 0 spiro atoms. The molecule has 58 heavy (non-hydrogen) atoms. The van der Waals surface area contributed by atoms with Crippen LogP contribution in [0.25, 0.3) is 0 Å². The highest BCUT2D eigenvalue weighted by molar-refractivity contribution is 7.85. The maximum absolute atomic E-state index is 12.8. The number of rotatable bonds is 35. The number of carbonyl (C=O) groups is 2. The van der Waals surface area contributed by atoms with Gasteiger partial charge in [0, 0.05) is 12.8 Å². The lowest BCUT2D eigenvalue weighted by Crippen LogP contribution is -2.60. The van der Waals surface area contributed by atoms with E-state index in [1.54, 1.807) is 0 Å². The molecular weight excluding hydrogens is 765 g/mol. The second kappa shape index (κ2) is 35.1. The average Bonchev–Trinajstić information content (AvgIpc) is 3.18. The van der Waals surface area contributed by atoms with Crippen LogP contribution in [0, 0.1) is 0 Å². The second-order valence-electron chi connectivity index (χ2n) is 15.1. The van der Waals surface area contributed by atoms with Gasteiger partial charge >= 0.3 is 11.9 Å². The van der Waals surface area contributed by atoms with Crippen LogP contribution in [0.3, 0.4) is 0 Å². The van der Waals surface area contributed by atoms with Crippen LogP contribution in [0.5, 0.6) is 0 Å². The Bertz CT molecular complexity index is 1310. The van der Waals surface area contributed by atoms with E-state index in [1.807, 2.05) is 36.5 Å². The highest BCUT2D eigenvalue weighted by Gasteiger charge is 2.46. The minimum atomic E-state index is -4.61. The predicted molar refractivity (Wildman–Crippen MR) is 229 cm³/mol. The highest BCUT2D eigenvalue weighted by atomic mass is 32.2. The molecule has 0 bridgehead atoms. The fraction of sp³-hybridized carbons (Fsp3) is 0.733. The Kier molecular flexibility index (Phi) is 32.3. The molecule has 1 fully saturated rings. The van der Waals surface area contributed by atoms with Crippen molar-refractivity contribution < 1.29 is 56.8 Å². The molecule has 0 aromatic heterocycles. The van der Waals surface area contributed by atoms with Crippen molar-refractivity contribution in [1.29, 1.82) is 0 Å². The Hall–Kier alpha value is -2.65. The summed E-state index contributed by atoms with van der Waals surface area (Å²) < 4.78 is 54.0. The molecule has 13 heteroatoms. The highest BCUT2D eigenvalue weighted by Crippen LogP contribution is 2.24. The number of hydrogen-bond acceptors (Lipinski definition) is 11. The van der Waals surface area contributed by atoms with Gasteiger partial charge in [-0.3, -0.25) is 14.1 Å². The van der Waals surface area contributed by atoms with Crippen LogP contribution in [-0.4, -0.2) is 96.0 Å². The number of carbonyl (C=O) groups excluding carboxylic acids is 2. The van der Waals surface area contributed by atoms with Gasteiger partial charge in [-0.05, 0) is 57.8 Å². The molecule has 0 amide bonds. The van der Waals surface area contributed by atoms with Crippen molar-refractivity contribution in [1.82, 2.24) is 0 Å². The van der Waals surface area contributed by atoms with Crippen molar-refractivity contribution in [3.63, 3.8) is 0 Å². The fourth-order valence-electron chi connectivity index (χ4n) is 6.27. The van der Waals surface area contributed by atoms with Crippen LogP contribution in [0.4, 0.5) is 0 Å². The molecule has 4 N–H and O–H groups in total. The molecule has 2 unspecified atom stereocenters. The molecule has 12 nitrogen and oxygen atoms in total. The minimum absolute atomic E-state index is 0.146. The van der Waals surface area contributed by atoms with E-state index in [1.165, 1.54) is 38.5 Å². The molecule has 0 radical (unpaired) electrons. The van der Waals surface area contributed by atoms with Crippen molar-refractivity contribution in [2.45, 2.75) is 192 Å². The fourth-order valence-corrected chi connectivity index (χ4v) is 6.96. The zero-order chi connectivity index (χ0) is 42.7. The standard InChI is InChI=1S/C45H76O12S/c1-3-5-7-9-11-13-15-17-19-21-23-25-27-29-31-33-40(46)54-35-38(36-55-45-44(50)43(49)42(48)39(57-45)37-58(51,52)53)56-41(47)34-32-30-28-26-24-22-20-18-16-14-12-10-8-6-4-2/h5,7,9,11,13,15,17-20,38-39,42-45,48-50H,3-4,6,8,10,12,14,16,21-37H2,1-2H3,(H,51,52,53)/b7-5+,11-9+,15-13+,19-17+,20-18+/t38-,39-,42-,43?,44?,45+/m1/s1. The Morgan fingerprint density at radius 1 is 0.603 bits per heavy atom. The third kappa shape index (κ3) is 29.5. The van der Waals surface area contributed by atoms with Crippen LogP contribution in [0.2, 0.25) is 0 Å². The van der Waals surface area contributed by atoms with E-state index in [0.717, 1.165) is 77.0 Å². The van der Waals surface area contributed by atoms with Gasteiger partial charge in [-0.1, -0.05) is 145 Å². The molecule has 1 heterocycles. The van der Waals surface area contributed by atoms with Gasteiger partial charge in [0.2, 0.25) is 0 Å². The Balaban J connectivity index is 2.49. The van der Waals surface area contributed by atoms with E-state index in [9.17, 15) is 37.9 Å². The quantitative estimate of drug-likeness (QED) is 0.0157. The summed E-state index contributed by atoms with van der Waals surface area (Å²) >= 11 is 0. The molecule has 6 atom stereocenters. The Labute approximate surface area is 349 Å². The van der Waals surface area contributed by atoms with Crippen molar-refractivity contribution in [2.24, 2.45) is 0 Å². The van der Waals surface area contributed by atoms with E-state index < -0.39 is 71.2 Å². The summed E-state index contributed by atoms with van der Waals surface area (Å²) in [6, 6.07) is 0. The lowest BCUT2D eigenvalue weighted by molar-refractivity contribution is -0.297. The summed E-state index contributed by atoms with van der Waals surface area (Å²) in [7, 11) is -4.61. The number of aliphatic hydroxyl groups is 3. The molecule has 1 aliphatic heterocycles. The first kappa shape index (κ1) is 53.4. The lowest BCUT2D eigenvalue weighted by atomic mass is 10.00. The van der Waals surface area contributed by atoms with Crippen molar-refractivity contribution in [3.8, 4) is 0 Å². The topological polar surface area (TPSA) is 186 Å². The second-order valence-corrected chi connectivity index (χ2v) is 16.6. The maximum atomic E-state index is 12.8. The van der Waals surface area contributed by atoms with E-state index in [4.69, 9.17) is 18.9 Å². The zero-order valence-electron chi connectivity index (χ0n) is 35.4. The number of unbranched alkanes of at least 4 members (excludes halogenated alkanes) is 16. The van der Waals surface area contributed by atoms with Gasteiger partial charge in [-0.25, -0.2) is 0 Å². The maximum Gasteiger partial charge on any atom is 0.306 e. The van der Waals surface area contributed by atoms with Gasteiger partial charge in [-0.2, -0.15) is 8.42 Å². The van der Waals surface area contributed by atoms with Crippen molar-refractivity contribution >= 4 is 22.1 Å².